The SMILES string of the molecule is CCCNc1ccccc1S(=O)(=O)N1CCCCCCC1. The number of anilines is 1. The highest BCUT2D eigenvalue weighted by molar-refractivity contribution is 7.89. The van der Waals surface area contributed by atoms with Gasteiger partial charge in [-0.15, -0.1) is 0 Å². The van der Waals surface area contributed by atoms with Gasteiger partial charge in [0.2, 0.25) is 10.0 Å². The maximum atomic E-state index is 12.9. The molecule has 0 saturated carbocycles. The standard InChI is InChI=1S/C16H26N2O2S/c1-2-12-17-15-10-6-7-11-16(15)21(19,20)18-13-8-4-3-5-9-14-18/h6-7,10-11,17H,2-5,8-9,12-14H2,1H3. The van der Waals surface area contributed by atoms with Gasteiger partial charge in [-0.05, 0) is 31.4 Å². The number of sulfonamides is 1. The molecule has 1 aromatic rings. The molecule has 0 aliphatic carbocycles. The van der Waals surface area contributed by atoms with Gasteiger partial charge in [0.15, 0.2) is 0 Å². The zero-order valence-corrected chi connectivity index (χ0v) is 13.7. The molecule has 0 bridgehead atoms. The second-order valence-corrected chi connectivity index (χ2v) is 7.50. The molecule has 118 valence electrons. The minimum Gasteiger partial charge on any atom is -0.384 e. The summed E-state index contributed by atoms with van der Waals surface area (Å²) in [6.07, 6.45) is 6.37. The number of rotatable bonds is 5. The molecular weight excluding hydrogens is 284 g/mol. The zero-order chi connectivity index (χ0) is 15.1. The second kappa shape index (κ2) is 7.80. The fourth-order valence-electron chi connectivity index (χ4n) is 2.70. The van der Waals surface area contributed by atoms with Gasteiger partial charge in [-0.2, -0.15) is 4.31 Å². The van der Waals surface area contributed by atoms with Gasteiger partial charge < -0.3 is 5.32 Å². The second-order valence-electron chi connectivity index (χ2n) is 5.59. The van der Waals surface area contributed by atoms with Crippen LogP contribution in [-0.4, -0.2) is 32.4 Å². The number of para-hydroxylation sites is 1. The van der Waals surface area contributed by atoms with Gasteiger partial charge in [-0.1, -0.05) is 38.3 Å². The van der Waals surface area contributed by atoms with E-state index in [4.69, 9.17) is 0 Å². The van der Waals surface area contributed by atoms with Crippen LogP contribution < -0.4 is 5.32 Å². The molecule has 21 heavy (non-hydrogen) atoms. The van der Waals surface area contributed by atoms with E-state index in [0.29, 0.717) is 18.0 Å². The van der Waals surface area contributed by atoms with Crippen molar-refractivity contribution < 1.29 is 8.42 Å². The summed E-state index contributed by atoms with van der Waals surface area (Å²) in [5.41, 5.74) is 0.724. The molecule has 4 nitrogen and oxygen atoms in total. The van der Waals surface area contributed by atoms with E-state index in [-0.39, 0.29) is 0 Å². The molecular formula is C16H26N2O2S. The van der Waals surface area contributed by atoms with E-state index >= 15 is 0 Å². The Kier molecular flexibility index (Phi) is 6.06. The van der Waals surface area contributed by atoms with Crippen molar-refractivity contribution in [2.24, 2.45) is 0 Å². The highest BCUT2D eigenvalue weighted by atomic mass is 32.2. The number of nitrogens with one attached hydrogen (secondary N) is 1. The summed E-state index contributed by atoms with van der Waals surface area (Å²) in [6.45, 7) is 4.14. The van der Waals surface area contributed by atoms with Crippen molar-refractivity contribution >= 4 is 15.7 Å². The lowest BCUT2D eigenvalue weighted by molar-refractivity contribution is 0.364. The first kappa shape index (κ1) is 16.3. The van der Waals surface area contributed by atoms with Crippen LogP contribution >= 0.6 is 0 Å². The zero-order valence-electron chi connectivity index (χ0n) is 12.8. The van der Waals surface area contributed by atoms with E-state index in [1.54, 1.807) is 16.4 Å². The summed E-state index contributed by atoms with van der Waals surface area (Å²) in [5, 5.41) is 3.23. The Morgan fingerprint density at radius 1 is 1.05 bits per heavy atom. The lowest BCUT2D eigenvalue weighted by Gasteiger charge is -2.25. The van der Waals surface area contributed by atoms with Crippen molar-refractivity contribution in [3.05, 3.63) is 24.3 Å². The van der Waals surface area contributed by atoms with Gasteiger partial charge in [0.1, 0.15) is 4.90 Å². The van der Waals surface area contributed by atoms with Crippen molar-refractivity contribution in [1.82, 2.24) is 4.31 Å². The van der Waals surface area contributed by atoms with E-state index in [0.717, 1.165) is 44.3 Å². The van der Waals surface area contributed by atoms with Crippen LogP contribution in [0.15, 0.2) is 29.2 Å². The Morgan fingerprint density at radius 2 is 1.67 bits per heavy atom. The molecule has 2 rings (SSSR count). The van der Waals surface area contributed by atoms with Crippen LogP contribution in [0, 0.1) is 0 Å². The Hall–Kier alpha value is -1.07. The van der Waals surface area contributed by atoms with Crippen molar-refractivity contribution in [2.45, 2.75) is 50.3 Å². The normalized spacial score (nSPS) is 18.0. The molecule has 1 aromatic carbocycles. The van der Waals surface area contributed by atoms with Crippen LogP contribution in [0.1, 0.15) is 45.4 Å². The Morgan fingerprint density at radius 3 is 2.33 bits per heavy atom. The molecule has 0 spiro atoms. The van der Waals surface area contributed by atoms with Gasteiger partial charge in [-0.3, -0.25) is 0 Å². The average molecular weight is 310 g/mol. The average Bonchev–Trinajstić information content (AvgIpc) is 2.44. The Labute approximate surface area is 128 Å². The van der Waals surface area contributed by atoms with Crippen LogP contribution in [0.2, 0.25) is 0 Å². The fourth-order valence-corrected chi connectivity index (χ4v) is 4.38. The third kappa shape index (κ3) is 4.20. The van der Waals surface area contributed by atoms with Gasteiger partial charge in [0, 0.05) is 19.6 Å². The molecule has 1 saturated heterocycles. The van der Waals surface area contributed by atoms with Crippen molar-refractivity contribution in [3.63, 3.8) is 0 Å². The summed E-state index contributed by atoms with van der Waals surface area (Å²) in [5.74, 6) is 0. The monoisotopic (exact) mass is 310 g/mol. The molecule has 0 atom stereocenters. The molecule has 1 heterocycles. The van der Waals surface area contributed by atoms with Crippen molar-refractivity contribution in [2.75, 3.05) is 25.0 Å². The minimum absolute atomic E-state index is 0.416. The molecule has 1 aliphatic heterocycles. The first-order valence-corrected chi connectivity index (χ1v) is 9.43. The molecule has 0 unspecified atom stereocenters. The first-order chi connectivity index (χ1) is 10.2. The lowest BCUT2D eigenvalue weighted by atomic mass is 10.1. The third-order valence-corrected chi connectivity index (χ3v) is 5.84. The van der Waals surface area contributed by atoms with Crippen LogP contribution in [0.25, 0.3) is 0 Å². The Balaban J connectivity index is 2.25. The quantitative estimate of drug-likeness (QED) is 0.906. The van der Waals surface area contributed by atoms with Gasteiger partial charge in [-0.25, -0.2) is 8.42 Å². The van der Waals surface area contributed by atoms with E-state index in [1.165, 1.54) is 6.42 Å². The van der Waals surface area contributed by atoms with Crippen LogP contribution in [0.5, 0.6) is 0 Å². The predicted octanol–water partition coefficient (Wildman–Crippen LogP) is 3.46. The third-order valence-electron chi connectivity index (χ3n) is 3.89. The van der Waals surface area contributed by atoms with Gasteiger partial charge in [0.05, 0.1) is 5.69 Å². The Bertz CT molecular complexity index is 535. The molecule has 1 fully saturated rings. The molecule has 0 aromatic heterocycles. The summed E-state index contributed by atoms with van der Waals surface area (Å²) in [7, 11) is -3.39. The topological polar surface area (TPSA) is 49.4 Å². The van der Waals surface area contributed by atoms with Crippen molar-refractivity contribution in [1.29, 1.82) is 0 Å². The van der Waals surface area contributed by atoms with E-state index < -0.39 is 10.0 Å². The van der Waals surface area contributed by atoms with Gasteiger partial charge in [0.25, 0.3) is 0 Å². The molecule has 5 heteroatoms. The summed E-state index contributed by atoms with van der Waals surface area (Å²) in [6, 6.07) is 7.25. The smallest absolute Gasteiger partial charge is 0.245 e. The van der Waals surface area contributed by atoms with E-state index in [1.807, 2.05) is 12.1 Å². The van der Waals surface area contributed by atoms with Crippen LogP contribution in [0.3, 0.4) is 0 Å². The first-order valence-electron chi connectivity index (χ1n) is 7.99. The largest absolute Gasteiger partial charge is 0.384 e. The summed E-state index contributed by atoms with van der Waals surface area (Å²) >= 11 is 0. The van der Waals surface area contributed by atoms with E-state index in [2.05, 4.69) is 12.2 Å². The molecule has 0 amide bonds. The van der Waals surface area contributed by atoms with Crippen LogP contribution in [-0.2, 0) is 10.0 Å². The summed E-state index contributed by atoms with van der Waals surface area (Å²) in [4.78, 5) is 0.416. The summed E-state index contributed by atoms with van der Waals surface area (Å²) < 4.78 is 27.5. The number of hydrogen-bond donors (Lipinski definition) is 1. The fraction of sp³-hybridized carbons (Fsp3) is 0.625. The van der Waals surface area contributed by atoms with E-state index in [9.17, 15) is 8.42 Å². The molecule has 0 radical (unpaired) electrons. The van der Waals surface area contributed by atoms with Crippen LogP contribution in [0.4, 0.5) is 5.69 Å². The molecule has 1 aliphatic rings. The number of benzene rings is 1. The maximum absolute atomic E-state index is 12.9. The minimum atomic E-state index is -3.39. The highest BCUT2D eigenvalue weighted by Gasteiger charge is 2.26. The predicted molar refractivity (Wildman–Crippen MR) is 87.1 cm³/mol. The number of nitrogens with zero attached hydrogens (tertiary/aromatic N) is 1. The van der Waals surface area contributed by atoms with Gasteiger partial charge >= 0.3 is 0 Å². The lowest BCUT2D eigenvalue weighted by Crippen LogP contribution is -2.34. The van der Waals surface area contributed by atoms with Crippen molar-refractivity contribution in [3.8, 4) is 0 Å². The number of hydrogen-bond acceptors (Lipinski definition) is 3. The highest BCUT2D eigenvalue weighted by Crippen LogP contribution is 2.26. The molecule has 1 N–H and O–H groups in total. The maximum Gasteiger partial charge on any atom is 0.245 e.